The molecule has 5 heteroatoms. The molecule has 0 aliphatic heterocycles. The van der Waals surface area contributed by atoms with Crippen molar-refractivity contribution in [1.29, 1.82) is 0 Å². The highest BCUT2D eigenvalue weighted by Gasteiger charge is 2.33. The second-order valence-corrected chi connectivity index (χ2v) is 5.07. The molecule has 20 heavy (non-hydrogen) atoms. The summed E-state index contributed by atoms with van der Waals surface area (Å²) in [5.41, 5.74) is 5.45. The molecule has 5 nitrogen and oxygen atoms in total. The number of carboxylic acids is 1. The van der Waals surface area contributed by atoms with E-state index in [1.807, 2.05) is 13.0 Å². The summed E-state index contributed by atoms with van der Waals surface area (Å²) >= 11 is 0. The molecule has 1 aromatic rings. The summed E-state index contributed by atoms with van der Waals surface area (Å²) < 4.78 is 0. The second-order valence-electron chi connectivity index (χ2n) is 5.07. The van der Waals surface area contributed by atoms with Gasteiger partial charge in [-0.2, -0.15) is 0 Å². The topological polar surface area (TPSA) is 92.4 Å². The molecule has 0 aromatic heterocycles. The molecule has 0 bridgehead atoms. The van der Waals surface area contributed by atoms with Gasteiger partial charge in [0.15, 0.2) is 0 Å². The molecule has 0 spiro atoms. The Hall–Kier alpha value is -1.88. The van der Waals surface area contributed by atoms with Gasteiger partial charge in [-0.15, -0.1) is 0 Å². The Labute approximate surface area is 119 Å². The van der Waals surface area contributed by atoms with Gasteiger partial charge in [0.1, 0.15) is 11.6 Å². The molecule has 0 saturated carbocycles. The third-order valence-corrected chi connectivity index (χ3v) is 3.29. The van der Waals surface area contributed by atoms with Gasteiger partial charge in [0.05, 0.1) is 0 Å². The molecule has 1 rings (SSSR count). The van der Waals surface area contributed by atoms with Crippen molar-refractivity contribution < 1.29 is 14.7 Å². The van der Waals surface area contributed by atoms with Crippen LogP contribution in [0.1, 0.15) is 38.7 Å². The lowest BCUT2D eigenvalue weighted by molar-refractivity contribution is -0.142. The van der Waals surface area contributed by atoms with Gasteiger partial charge in [-0.25, -0.2) is 4.79 Å². The zero-order valence-corrected chi connectivity index (χ0v) is 11.9. The van der Waals surface area contributed by atoms with Crippen molar-refractivity contribution in [3.63, 3.8) is 0 Å². The van der Waals surface area contributed by atoms with Crippen LogP contribution in [0.4, 0.5) is 0 Å². The number of carboxylic acid groups (broad SMARTS) is 1. The van der Waals surface area contributed by atoms with Gasteiger partial charge < -0.3 is 16.2 Å². The molecule has 0 radical (unpaired) electrons. The molecule has 2 unspecified atom stereocenters. The summed E-state index contributed by atoms with van der Waals surface area (Å²) in [5, 5.41) is 11.7. The first-order chi connectivity index (χ1) is 9.39. The minimum atomic E-state index is -1.25. The van der Waals surface area contributed by atoms with Gasteiger partial charge in [0.2, 0.25) is 5.91 Å². The van der Waals surface area contributed by atoms with E-state index in [4.69, 9.17) is 10.8 Å². The molecule has 0 saturated heterocycles. The number of amides is 1. The van der Waals surface area contributed by atoms with Crippen molar-refractivity contribution in [2.45, 2.75) is 44.7 Å². The van der Waals surface area contributed by atoms with Gasteiger partial charge in [0.25, 0.3) is 0 Å². The number of hydrogen-bond acceptors (Lipinski definition) is 3. The Balaban J connectivity index is 2.80. The van der Waals surface area contributed by atoms with Crippen LogP contribution in [0, 0.1) is 0 Å². The van der Waals surface area contributed by atoms with Crippen molar-refractivity contribution in [2.24, 2.45) is 5.73 Å². The van der Waals surface area contributed by atoms with Crippen LogP contribution in [0.3, 0.4) is 0 Å². The fourth-order valence-electron chi connectivity index (χ4n) is 1.89. The highest BCUT2D eigenvalue weighted by Crippen LogP contribution is 2.18. The maximum Gasteiger partial charge on any atom is 0.326 e. The maximum atomic E-state index is 12.2. The number of nitrogens with two attached hydrogens (primary N) is 1. The molecule has 1 aromatic carbocycles. The normalized spacial score (nSPS) is 15.2. The van der Waals surface area contributed by atoms with E-state index in [1.165, 1.54) is 0 Å². The number of carbonyl (C=O) groups is 2. The summed E-state index contributed by atoms with van der Waals surface area (Å²) in [4.78, 5) is 23.4. The first-order valence-electron chi connectivity index (χ1n) is 6.77. The third kappa shape index (κ3) is 4.06. The van der Waals surface area contributed by atoms with Crippen LogP contribution in [0.5, 0.6) is 0 Å². The zero-order chi connectivity index (χ0) is 15.2. The molecule has 0 fully saturated rings. The van der Waals surface area contributed by atoms with Gasteiger partial charge in [0, 0.05) is 0 Å². The zero-order valence-electron chi connectivity index (χ0n) is 11.9. The number of aliphatic carboxylic acids is 1. The lowest BCUT2D eigenvalue weighted by atomic mass is 9.92. The van der Waals surface area contributed by atoms with E-state index in [2.05, 4.69) is 5.32 Å². The van der Waals surface area contributed by atoms with Crippen molar-refractivity contribution in [2.75, 3.05) is 0 Å². The second kappa shape index (κ2) is 7.05. The van der Waals surface area contributed by atoms with E-state index in [0.717, 1.165) is 12.8 Å². The molecule has 1 amide bonds. The third-order valence-electron chi connectivity index (χ3n) is 3.29. The Morgan fingerprint density at radius 2 is 1.95 bits per heavy atom. The number of carbonyl (C=O) groups excluding carboxylic acids is 1. The molecular formula is C15H22N2O3. The molecule has 0 aliphatic carbocycles. The molecular weight excluding hydrogens is 256 g/mol. The monoisotopic (exact) mass is 278 g/mol. The lowest BCUT2D eigenvalue weighted by Crippen LogP contribution is -2.53. The first kappa shape index (κ1) is 16.2. The van der Waals surface area contributed by atoms with Crippen molar-refractivity contribution in [3.05, 3.63) is 35.9 Å². The van der Waals surface area contributed by atoms with E-state index in [0.29, 0.717) is 12.0 Å². The molecule has 110 valence electrons. The summed E-state index contributed by atoms with van der Waals surface area (Å²) in [6, 6.07) is 8.02. The van der Waals surface area contributed by atoms with E-state index >= 15 is 0 Å². The fourth-order valence-corrected chi connectivity index (χ4v) is 1.89. The summed E-state index contributed by atoms with van der Waals surface area (Å²) in [6.45, 7) is 3.55. The molecule has 2 atom stereocenters. The van der Waals surface area contributed by atoms with Crippen LogP contribution in [0.15, 0.2) is 30.3 Å². The minimum absolute atomic E-state index is 0.405. The van der Waals surface area contributed by atoms with Crippen LogP contribution >= 0.6 is 0 Å². The van der Waals surface area contributed by atoms with E-state index < -0.39 is 23.5 Å². The Kier molecular flexibility index (Phi) is 5.70. The van der Waals surface area contributed by atoms with Gasteiger partial charge in [-0.3, -0.25) is 4.79 Å². The predicted octanol–water partition coefficient (Wildman–Crippen LogP) is 1.62. The average Bonchev–Trinajstić information content (AvgIpc) is 2.43. The average molecular weight is 278 g/mol. The SMILES string of the molecule is CCCCC(NC(=O)C(C)(N)c1ccccc1)C(=O)O. The van der Waals surface area contributed by atoms with Crippen LogP contribution < -0.4 is 11.1 Å². The van der Waals surface area contributed by atoms with Crippen molar-refractivity contribution >= 4 is 11.9 Å². The summed E-state index contributed by atoms with van der Waals surface area (Å²) in [6.07, 6.45) is 2.02. The van der Waals surface area contributed by atoms with Gasteiger partial charge in [-0.05, 0) is 18.9 Å². The van der Waals surface area contributed by atoms with Crippen LogP contribution in [0.25, 0.3) is 0 Å². The van der Waals surface area contributed by atoms with Gasteiger partial charge in [-0.1, -0.05) is 50.1 Å². The van der Waals surface area contributed by atoms with E-state index in [-0.39, 0.29) is 0 Å². The van der Waals surface area contributed by atoms with Crippen LogP contribution in [0.2, 0.25) is 0 Å². The van der Waals surface area contributed by atoms with Crippen molar-refractivity contribution in [3.8, 4) is 0 Å². The Morgan fingerprint density at radius 3 is 2.45 bits per heavy atom. The van der Waals surface area contributed by atoms with Gasteiger partial charge >= 0.3 is 5.97 Å². The number of rotatable bonds is 7. The first-order valence-corrected chi connectivity index (χ1v) is 6.77. The molecule has 0 heterocycles. The van der Waals surface area contributed by atoms with Crippen LogP contribution in [-0.2, 0) is 15.1 Å². The largest absolute Gasteiger partial charge is 0.480 e. The van der Waals surface area contributed by atoms with E-state index in [1.54, 1.807) is 31.2 Å². The Morgan fingerprint density at radius 1 is 1.35 bits per heavy atom. The number of benzene rings is 1. The predicted molar refractivity (Wildman–Crippen MR) is 77.1 cm³/mol. The minimum Gasteiger partial charge on any atom is -0.480 e. The van der Waals surface area contributed by atoms with Crippen LogP contribution in [-0.4, -0.2) is 23.0 Å². The molecule has 0 aliphatic rings. The quantitative estimate of drug-likeness (QED) is 0.706. The maximum absolute atomic E-state index is 12.2. The Bertz CT molecular complexity index is 457. The lowest BCUT2D eigenvalue weighted by Gasteiger charge is -2.26. The number of unbranched alkanes of at least 4 members (excludes halogenated alkanes) is 1. The highest BCUT2D eigenvalue weighted by molar-refractivity contribution is 5.90. The summed E-state index contributed by atoms with van der Waals surface area (Å²) in [5.74, 6) is -1.51. The summed E-state index contributed by atoms with van der Waals surface area (Å²) in [7, 11) is 0. The smallest absolute Gasteiger partial charge is 0.326 e. The fraction of sp³-hybridized carbons (Fsp3) is 0.467. The van der Waals surface area contributed by atoms with E-state index in [9.17, 15) is 9.59 Å². The highest BCUT2D eigenvalue weighted by atomic mass is 16.4. The number of nitrogens with one attached hydrogen (secondary N) is 1. The number of hydrogen-bond donors (Lipinski definition) is 3. The standard InChI is InChI=1S/C15H22N2O3/c1-3-4-10-12(13(18)19)17-14(20)15(2,16)11-8-6-5-7-9-11/h5-9,12H,3-4,10,16H2,1-2H3,(H,17,20)(H,18,19). The van der Waals surface area contributed by atoms with Crippen molar-refractivity contribution in [1.82, 2.24) is 5.32 Å². The molecule has 4 N–H and O–H groups in total.